The molecule has 1 heterocycles. The van der Waals surface area contributed by atoms with E-state index in [1.807, 2.05) is 43.3 Å². The molecule has 3 aromatic rings. The van der Waals surface area contributed by atoms with Gasteiger partial charge in [-0.3, -0.25) is 4.79 Å². The summed E-state index contributed by atoms with van der Waals surface area (Å²) in [5.74, 6) is 0.894. The lowest BCUT2D eigenvalue weighted by atomic mass is 10.0. The predicted molar refractivity (Wildman–Crippen MR) is 117 cm³/mol. The van der Waals surface area contributed by atoms with Gasteiger partial charge in [-0.15, -0.1) is 10.2 Å². The van der Waals surface area contributed by atoms with Gasteiger partial charge in [0.1, 0.15) is 0 Å². The van der Waals surface area contributed by atoms with Gasteiger partial charge in [0, 0.05) is 14.8 Å². The van der Waals surface area contributed by atoms with E-state index in [0.29, 0.717) is 17.0 Å². The molecule has 2 aromatic carbocycles. The van der Waals surface area contributed by atoms with Gasteiger partial charge in [0.25, 0.3) is 5.22 Å². The Hall–Kier alpha value is -1.87. The topological polar surface area (TPSA) is 68.0 Å². The fourth-order valence-corrected chi connectivity index (χ4v) is 3.60. The molecular weight excluding hydrogens is 473 g/mol. The van der Waals surface area contributed by atoms with E-state index in [-0.39, 0.29) is 11.7 Å². The number of carbonyl (C=O) groups is 1. The summed E-state index contributed by atoms with van der Waals surface area (Å²) in [5, 5.41) is 11.4. The monoisotopic (exact) mass is 493 g/mol. The van der Waals surface area contributed by atoms with Crippen LogP contribution in [-0.2, 0) is 4.79 Å². The first-order chi connectivity index (χ1) is 12.9. The van der Waals surface area contributed by atoms with E-state index in [2.05, 4.69) is 58.0 Å². The van der Waals surface area contributed by atoms with Gasteiger partial charge in [0.05, 0.1) is 5.75 Å². The molecule has 1 N–H and O–H groups in total. The van der Waals surface area contributed by atoms with Crippen molar-refractivity contribution in [2.24, 2.45) is 0 Å². The maximum atomic E-state index is 12.3. The lowest BCUT2D eigenvalue weighted by Crippen LogP contribution is -2.15. The number of thioether (sulfide) groups is 1. The van der Waals surface area contributed by atoms with Gasteiger partial charge >= 0.3 is 0 Å². The van der Waals surface area contributed by atoms with Gasteiger partial charge in [-0.25, -0.2) is 0 Å². The van der Waals surface area contributed by atoms with Crippen molar-refractivity contribution in [3.8, 4) is 11.5 Å². The smallest absolute Gasteiger partial charge is 0.277 e. The van der Waals surface area contributed by atoms with Crippen molar-refractivity contribution in [1.29, 1.82) is 0 Å². The number of hydrogen-bond acceptors (Lipinski definition) is 5. The van der Waals surface area contributed by atoms with Gasteiger partial charge in [0.15, 0.2) is 0 Å². The Morgan fingerprint density at radius 3 is 2.63 bits per heavy atom. The zero-order valence-electron chi connectivity index (χ0n) is 15.3. The Kier molecular flexibility index (Phi) is 6.54. The zero-order chi connectivity index (χ0) is 19.4. The molecule has 0 saturated heterocycles. The quantitative estimate of drug-likeness (QED) is 0.363. The number of hydrogen-bond donors (Lipinski definition) is 1. The van der Waals surface area contributed by atoms with Crippen molar-refractivity contribution < 1.29 is 9.21 Å². The third-order valence-corrected chi connectivity index (χ3v) is 5.43. The summed E-state index contributed by atoms with van der Waals surface area (Å²) in [6.07, 6.45) is 0. The second-order valence-corrected chi connectivity index (χ2v) is 8.63. The average Bonchev–Trinajstić information content (AvgIpc) is 3.11. The first-order valence-electron chi connectivity index (χ1n) is 8.55. The van der Waals surface area contributed by atoms with Crippen molar-refractivity contribution in [1.82, 2.24) is 10.2 Å². The molecule has 3 rings (SSSR count). The first kappa shape index (κ1) is 19.9. The number of carbonyl (C=O) groups excluding carboxylic acids is 1. The molecule has 0 aliphatic rings. The van der Waals surface area contributed by atoms with E-state index in [1.165, 1.54) is 17.3 Å². The molecule has 7 heteroatoms. The van der Waals surface area contributed by atoms with Crippen LogP contribution in [0.25, 0.3) is 11.5 Å². The molecule has 1 amide bonds. The second kappa shape index (κ2) is 8.88. The maximum absolute atomic E-state index is 12.3. The molecular formula is C20H20IN3O2S. The van der Waals surface area contributed by atoms with Gasteiger partial charge in [0.2, 0.25) is 11.8 Å². The van der Waals surface area contributed by atoms with E-state index in [4.69, 9.17) is 4.42 Å². The minimum absolute atomic E-state index is 0.0989. The van der Waals surface area contributed by atoms with E-state index in [1.54, 1.807) is 0 Å². The number of nitrogens with one attached hydrogen (secondary N) is 1. The van der Waals surface area contributed by atoms with Gasteiger partial charge in [-0.05, 0) is 71.3 Å². The highest BCUT2D eigenvalue weighted by Crippen LogP contribution is 2.27. The zero-order valence-corrected chi connectivity index (χ0v) is 18.3. The molecule has 0 aliphatic heterocycles. The molecule has 140 valence electrons. The number of benzene rings is 2. The van der Waals surface area contributed by atoms with Crippen molar-refractivity contribution in [2.45, 2.75) is 31.9 Å². The summed E-state index contributed by atoms with van der Waals surface area (Å²) in [7, 11) is 0. The number of anilines is 1. The van der Waals surface area contributed by atoms with Crippen molar-refractivity contribution in [2.75, 3.05) is 11.1 Å². The number of amides is 1. The normalized spacial score (nSPS) is 11.0. The van der Waals surface area contributed by atoms with Gasteiger partial charge < -0.3 is 9.73 Å². The number of rotatable bonds is 6. The SMILES string of the molecule is Cc1ccc(-c2nnc(SCC(=O)Nc3ccc(I)cc3C(C)C)o2)cc1. The van der Waals surface area contributed by atoms with Gasteiger partial charge in [-0.1, -0.05) is 43.3 Å². The number of aryl methyl sites for hydroxylation is 1. The second-order valence-electron chi connectivity index (χ2n) is 6.46. The van der Waals surface area contributed by atoms with Crippen LogP contribution in [0.3, 0.4) is 0 Å². The lowest BCUT2D eigenvalue weighted by molar-refractivity contribution is -0.113. The van der Waals surface area contributed by atoms with Gasteiger partial charge in [-0.2, -0.15) is 0 Å². The van der Waals surface area contributed by atoms with Crippen molar-refractivity contribution >= 4 is 45.9 Å². The summed E-state index contributed by atoms with van der Waals surface area (Å²) >= 11 is 3.51. The highest BCUT2D eigenvalue weighted by atomic mass is 127. The predicted octanol–water partition coefficient (Wildman–Crippen LogP) is 5.50. The van der Waals surface area contributed by atoms with Crippen LogP contribution in [0.4, 0.5) is 5.69 Å². The van der Waals surface area contributed by atoms with Crippen molar-refractivity contribution in [3.63, 3.8) is 0 Å². The van der Waals surface area contributed by atoms with Crippen LogP contribution in [0.5, 0.6) is 0 Å². The highest BCUT2D eigenvalue weighted by molar-refractivity contribution is 14.1. The van der Waals surface area contributed by atoms with E-state index in [9.17, 15) is 4.79 Å². The maximum Gasteiger partial charge on any atom is 0.277 e. The fraction of sp³-hybridized carbons (Fsp3) is 0.250. The molecule has 0 unspecified atom stereocenters. The summed E-state index contributed by atoms with van der Waals surface area (Å²) in [5.41, 5.74) is 4.01. The average molecular weight is 493 g/mol. The summed E-state index contributed by atoms with van der Waals surface area (Å²) in [6.45, 7) is 6.25. The van der Waals surface area contributed by atoms with E-state index in [0.717, 1.165) is 20.4 Å². The Morgan fingerprint density at radius 1 is 1.19 bits per heavy atom. The molecule has 0 radical (unpaired) electrons. The Bertz CT molecular complexity index is 939. The van der Waals surface area contributed by atoms with Crippen LogP contribution in [0.15, 0.2) is 52.1 Å². The number of nitrogens with zero attached hydrogens (tertiary/aromatic N) is 2. The molecule has 5 nitrogen and oxygen atoms in total. The minimum Gasteiger partial charge on any atom is -0.411 e. The lowest BCUT2D eigenvalue weighted by Gasteiger charge is -2.14. The molecule has 27 heavy (non-hydrogen) atoms. The van der Waals surface area contributed by atoms with Crippen LogP contribution < -0.4 is 5.32 Å². The molecule has 0 atom stereocenters. The van der Waals surface area contributed by atoms with Crippen LogP contribution in [-0.4, -0.2) is 21.9 Å². The van der Waals surface area contributed by atoms with Crippen LogP contribution in [0, 0.1) is 10.5 Å². The summed E-state index contributed by atoms with van der Waals surface area (Å²) in [6, 6.07) is 13.9. The molecule has 0 bridgehead atoms. The minimum atomic E-state index is -0.0989. The first-order valence-corrected chi connectivity index (χ1v) is 10.6. The number of halogens is 1. The summed E-state index contributed by atoms with van der Waals surface area (Å²) in [4.78, 5) is 12.3. The molecule has 0 saturated carbocycles. The fourth-order valence-electron chi connectivity index (χ4n) is 2.52. The number of aromatic nitrogens is 2. The van der Waals surface area contributed by atoms with Crippen LogP contribution in [0.2, 0.25) is 0 Å². The highest BCUT2D eigenvalue weighted by Gasteiger charge is 2.13. The Balaban J connectivity index is 1.61. The third kappa shape index (κ3) is 5.32. The Labute approximate surface area is 176 Å². The molecule has 0 spiro atoms. The summed E-state index contributed by atoms with van der Waals surface area (Å²) < 4.78 is 6.80. The third-order valence-electron chi connectivity index (χ3n) is 3.94. The largest absolute Gasteiger partial charge is 0.411 e. The van der Waals surface area contributed by atoms with Crippen LogP contribution in [0.1, 0.15) is 30.9 Å². The molecule has 0 aliphatic carbocycles. The van der Waals surface area contributed by atoms with Crippen molar-refractivity contribution in [3.05, 3.63) is 57.2 Å². The van der Waals surface area contributed by atoms with E-state index < -0.39 is 0 Å². The standard InChI is InChI=1S/C20H20IN3O2S/c1-12(2)16-10-15(21)8-9-17(16)22-18(25)11-27-20-24-23-19(26-20)14-6-4-13(3)5-7-14/h4-10,12H,11H2,1-3H3,(H,22,25). The van der Waals surface area contributed by atoms with E-state index >= 15 is 0 Å². The molecule has 1 aromatic heterocycles. The van der Waals surface area contributed by atoms with Crippen LogP contribution >= 0.6 is 34.4 Å². The molecule has 0 fully saturated rings. The Morgan fingerprint density at radius 2 is 1.93 bits per heavy atom.